The van der Waals surface area contributed by atoms with Crippen molar-refractivity contribution in [2.75, 3.05) is 0 Å². The third-order valence-corrected chi connectivity index (χ3v) is 1.33. The van der Waals surface area contributed by atoms with Gasteiger partial charge in [0.05, 0.1) is 0 Å². The number of hydrogen-bond acceptors (Lipinski definition) is 0. The Hall–Kier alpha value is -1.32. The Morgan fingerprint density at radius 3 is 2.00 bits per heavy atom. The quantitative estimate of drug-likeness (QED) is 0.595. The van der Waals surface area contributed by atoms with Gasteiger partial charge in [0.1, 0.15) is 5.82 Å². The van der Waals surface area contributed by atoms with E-state index in [4.69, 9.17) is 0 Å². The SMILES string of the molecule is Fc1ccc(C=CC(F)(F)F)cc1. The second-order valence-corrected chi connectivity index (χ2v) is 2.43. The molecule has 0 aliphatic heterocycles. The van der Waals surface area contributed by atoms with Crippen LogP contribution in [-0.2, 0) is 0 Å². The Kier molecular flexibility index (Phi) is 2.70. The second-order valence-electron chi connectivity index (χ2n) is 2.43. The minimum absolute atomic E-state index is 0.111. The van der Waals surface area contributed by atoms with Gasteiger partial charge in [0.15, 0.2) is 0 Å². The number of hydrogen-bond donors (Lipinski definition) is 0. The molecule has 0 amide bonds. The van der Waals surface area contributed by atoms with Gasteiger partial charge in [0.2, 0.25) is 0 Å². The summed E-state index contributed by atoms with van der Waals surface area (Å²) in [6.07, 6.45) is -3.33. The van der Waals surface area contributed by atoms with Crippen LogP contribution in [-0.4, -0.2) is 6.18 Å². The minimum atomic E-state index is -4.33. The lowest BCUT2D eigenvalue weighted by Gasteiger charge is -1.97. The molecule has 70 valence electrons. The van der Waals surface area contributed by atoms with Gasteiger partial charge < -0.3 is 0 Å². The van der Waals surface area contributed by atoms with E-state index in [-0.39, 0.29) is 6.08 Å². The summed E-state index contributed by atoms with van der Waals surface area (Å²) >= 11 is 0. The summed E-state index contributed by atoms with van der Waals surface area (Å²) < 4.78 is 47.3. The van der Waals surface area contributed by atoms with Gasteiger partial charge in [-0.2, -0.15) is 13.2 Å². The van der Waals surface area contributed by atoms with Gasteiger partial charge in [-0.25, -0.2) is 4.39 Å². The molecule has 0 saturated heterocycles. The maximum atomic E-state index is 12.3. The Morgan fingerprint density at radius 2 is 1.54 bits per heavy atom. The van der Waals surface area contributed by atoms with E-state index in [1.54, 1.807) is 0 Å². The Labute approximate surface area is 72.5 Å². The van der Waals surface area contributed by atoms with Gasteiger partial charge in [-0.15, -0.1) is 0 Å². The predicted octanol–water partition coefficient (Wildman–Crippen LogP) is 3.40. The minimum Gasteiger partial charge on any atom is -0.207 e. The fraction of sp³-hybridized carbons (Fsp3) is 0.111. The third-order valence-electron chi connectivity index (χ3n) is 1.33. The van der Waals surface area contributed by atoms with E-state index in [0.29, 0.717) is 5.56 Å². The van der Waals surface area contributed by atoms with Crippen LogP contribution in [0.4, 0.5) is 17.6 Å². The van der Waals surface area contributed by atoms with Crippen molar-refractivity contribution in [3.8, 4) is 0 Å². The highest BCUT2D eigenvalue weighted by atomic mass is 19.4. The lowest BCUT2D eigenvalue weighted by Crippen LogP contribution is -2.00. The molecule has 1 aromatic rings. The van der Waals surface area contributed by atoms with Gasteiger partial charge in [-0.1, -0.05) is 18.2 Å². The molecule has 0 unspecified atom stereocenters. The van der Waals surface area contributed by atoms with Crippen LogP contribution in [0.15, 0.2) is 30.3 Å². The Bertz CT molecular complexity index is 294. The van der Waals surface area contributed by atoms with Gasteiger partial charge in [-0.05, 0) is 17.7 Å². The summed E-state index contributed by atoms with van der Waals surface area (Å²) in [5, 5.41) is 0. The summed E-state index contributed by atoms with van der Waals surface area (Å²) in [5.41, 5.74) is 0.318. The monoisotopic (exact) mass is 190 g/mol. The lowest BCUT2D eigenvalue weighted by atomic mass is 10.2. The summed E-state index contributed by atoms with van der Waals surface area (Å²) in [6, 6.07) is 4.77. The molecule has 0 fully saturated rings. The standard InChI is InChI=1S/C9H6F4/c10-8-3-1-7(2-4-8)5-6-9(11,12)13/h1-6H. The molecule has 0 nitrogen and oxygen atoms in total. The van der Waals surface area contributed by atoms with E-state index in [1.807, 2.05) is 0 Å². The fourth-order valence-electron chi connectivity index (χ4n) is 0.765. The lowest BCUT2D eigenvalue weighted by molar-refractivity contribution is -0.0790. The molecule has 1 rings (SSSR count). The number of alkyl halides is 3. The van der Waals surface area contributed by atoms with Crippen LogP contribution in [0.5, 0.6) is 0 Å². The van der Waals surface area contributed by atoms with Gasteiger partial charge in [0.25, 0.3) is 0 Å². The van der Waals surface area contributed by atoms with E-state index in [9.17, 15) is 17.6 Å². The smallest absolute Gasteiger partial charge is 0.207 e. The molecule has 0 aromatic heterocycles. The zero-order valence-electron chi connectivity index (χ0n) is 6.48. The molecule has 13 heavy (non-hydrogen) atoms. The normalized spacial score (nSPS) is 12.3. The molecule has 0 spiro atoms. The summed E-state index contributed by atoms with van der Waals surface area (Å²) in [7, 11) is 0. The number of benzene rings is 1. The van der Waals surface area contributed by atoms with Crippen LogP contribution in [0.2, 0.25) is 0 Å². The van der Waals surface area contributed by atoms with Crippen LogP contribution in [0.25, 0.3) is 6.08 Å². The maximum Gasteiger partial charge on any atom is 0.409 e. The van der Waals surface area contributed by atoms with Crippen molar-refractivity contribution in [1.29, 1.82) is 0 Å². The van der Waals surface area contributed by atoms with Crippen molar-refractivity contribution in [2.24, 2.45) is 0 Å². The maximum absolute atomic E-state index is 12.3. The van der Waals surface area contributed by atoms with Crippen LogP contribution >= 0.6 is 0 Å². The number of allylic oxidation sites excluding steroid dienone is 1. The highest BCUT2D eigenvalue weighted by Gasteiger charge is 2.21. The molecule has 0 N–H and O–H groups in total. The first-order chi connectivity index (χ1) is 5.97. The van der Waals surface area contributed by atoms with Gasteiger partial charge in [0, 0.05) is 6.08 Å². The second kappa shape index (κ2) is 3.60. The van der Waals surface area contributed by atoms with Gasteiger partial charge in [-0.3, -0.25) is 0 Å². The summed E-state index contributed by atoms with van der Waals surface area (Å²) in [4.78, 5) is 0. The molecule has 0 bridgehead atoms. The first-order valence-electron chi connectivity index (χ1n) is 3.49. The molecule has 0 aliphatic carbocycles. The van der Waals surface area contributed by atoms with E-state index in [2.05, 4.69) is 0 Å². The fourth-order valence-corrected chi connectivity index (χ4v) is 0.765. The Balaban J connectivity index is 2.75. The van der Waals surface area contributed by atoms with E-state index in [0.717, 1.165) is 18.2 Å². The number of halogens is 4. The first kappa shape index (κ1) is 9.77. The van der Waals surface area contributed by atoms with Crippen molar-refractivity contribution in [3.05, 3.63) is 41.7 Å². The first-order valence-corrected chi connectivity index (χ1v) is 3.49. The summed E-state index contributed by atoms with van der Waals surface area (Å²) in [6.45, 7) is 0. The van der Waals surface area contributed by atoms with E-state index >= 15 is 0 Å². The average Bonchev–Trinajstić information content (AvgIpc) is 2.02. The molecule has 0 saturated carbocycles. The van der Waals surface area contributed by atoms with Crippen LogP contribution in [0.1, 0.15) is 5.56 Å². The summed E-state index contributed by atoms with van der Waals surface area (Å²) in [5.74, 6) is -0.468. The molecule has 0 heterocycles. The molecular formula is C9H6F4. The third kappa shape index (κ3) is 3.73. The molecular weight excluding hydrogens is 184 g/mol. The largest absolute Gasteiger partial charge is 0.409 e. The van der Waals surface area contributed by atoms with Crippen molar-refractivity contribution in [1.82, 2.24) is 0 Å². The predicted molar refractivity (Wildman–Crippen MR) is 41.5 cm³/mol. The van der Waals surface area contributed by atoms with E-state index in [1.165, 1.54) is 12.1 Å². The van der Waals surface area contributed by atoms with E-state index < -0.39 is 12.0 Å². The molecule has 0 atom stereocenters. The Morgan fingerprint density at radius 1 is 1.00 bits per heavy atom. The highest BCUT2D eigenvalue weighted by molar-refractivity contribution is 5.49. The van der Waals surface area contributed by atoms with Crippen molar-refractivity contribution >= 4 is 6.08 Å². The van der Waals surface area contributed by atoms with Crippen LogP contribution in [0, 0.1) is 5.82 Å². The van der Waals surface area contributed by atoms with Crippen molar-refractivity contribution in [2.45, 2.75) is 6.18 Å². The highest BCUT2D eigenvalue weighted by Crippen LogP contribution is 2.18. The van der Waals surface area contributed by atoms with Gasteiger partial charge >= 0.3 is 6.18 Å². The molecule has 0 radical (unpaired) electrons. The van der Waals surface area contributed by atoms with Crippen molar-refractivity contribution < 1.29 is 17.6 Å². The van der Waals surface area contributed by atoms with Crippen LogP contribution < -0.4 is 0 Å². The van der Waals surface area contributed by atoms with Crippen LogP contribution in [0.3, 0.4) is 0 Å². The van der Waals surface area contributed by atoms with Crippen molar-refractivity contribution in [3.63, 3.8) is 0 Å². The molecule has 0 aliphatic rings. The molecule has 4 heteroatoms. The zero-order chi connectivity index (χ0) is 9.90. The average molecular weight is 190 g/mol. The number of rotatable bonds is 1. The topological polar surface area (TPSA) is 0 Å². The molecule has 1 aromatic carbocycles. The zero-order valence-corrected chi connectivity index (χ0v) is 6.48.